The zero-order chi connectivity index (χ0) is 48.6. The standard InChI is InChI=1S/C63H69N4O.Pt/c1-39(2)43-30-52(40(3)4)60(53(31-43)41(5)6)42-19-18-20-47(29-42)65-38-66(57-22-17-16-21-56(57)65)48-32-46(63(13,14)15)33-50(36-48)68-49-24-25-51-54-34-44(61(7,8)9)23-26-55(54)67(58(51)37-49)59-35-45(27-28-64-59)62(10,11)12;/h16-35,38-41H,1-15H3;/q-3;. The normalized spacial score (nSPS) is 13.3. The van der Waals surface area contributed by atoms with Crippen molar-refractivity contribution in [2.24, 2.45) is 0 Å². The number of pyridine rings is 1. The predicted molar refractivity (Wildman–Crippen MR) is 288 cm³/mol. The molecule has 0 unspecified atom stereocenters. The molecule has 9 rings (SSSR count). The molecule has 0 amide bonds. The van der Waals surface area contributed by atoms with E-state index < -0.39 is 0 Å². The molecule has 1 aliphatic heterocycles. The molecule has 5 nitrogen and oxygen atoms in total. The Balaban J connectivity index is 0.00000642. The molecule has 69 heavy (non-hydrogen) atoms. The van der Waals surface area contributed by atoms with Crippen molar-refractivity contribution in [2.45, 2.75) is 138 Å². The Morgan fingerprint density at radius 3 is 1.81 bits per heavy atom. The number of fused-ring (bicyclic) bond motifs is 4. The molecule has 6 heteroatoms. The van der Waals surface area contributed by atoms with Gasteiger partial charge in [0, 0.05) is 61.3 Å². The maximum Gasteiger partial charge on any atom is 0.135 e. The summed E-state index contributed by atoms with van der Waals surface area (Å²) in [4.78, 5) is 9.53. The maximum absolute atomic E-state index is 6.91. The largest absolute Gasteiger partial charge is 0.509 e. The molecule has 0 bridgehead atoms. The van der Waals surface area contributed by atoms with Crippen molar-refractivity contribution in [1.29, 1.82) is 0 Å². The van der Waals surface area contributed by atoms with Gasteiger partial charge < -0.3 is 19.1 Å². The quantitative estimate of drug-likeness (QED) is 0.135. The summed E-state index contributed by atoms with van der Waals surface area (Å²) in [6, 6.07) is 49.9. The van der Waals surface area contributed by atoms with Crippen LogP contribution in [-0.4, -0.2) is 9.55 Å². The molecule has 0 radical (unpaired) electrons. The number of benzene rings is 6. The van der Waals surface area contributed by atoms with E-state index in [2.05, 4.69) is 246 Å². The number of ether oxygens (including phenoxy) is 1. The summed E-state index contributed by atoms with van der Waals surface area (Å²) in [5.74, 6) is 3.34. The summed E-state index contributed by atoms with van der Waals surface area (Å²) in [5, 5.41) is 2.28. The van der Waals surface area contributed by atoms with Crippen molar-refractivity contribution in [2.75, 3.05) is 9.80 Å². The molecule has 3 heterocycles. The second-order valence-electron chi connectivity index (χ2n) is 23.0. The van der Waals surface area contributed by atoms with Gasteiger partial charge in [-0.15, -0.1) is 53.6 Å². The van der Waals surface area contributed by atoms with E-state index in [1.807, 2.05) is 12.3 Å². The minimum atomic E-state index is -0.169. The number of aromatic nitrogens is 2. The topological polar surface area (TPSA) is 33.5 Å². The van der Waals surface area contributed by atoms with Gasteiger partial charge in [-0.1, -0.05) is 158 Å². The van der Waals surface area contributed by atoms with Gasteiger partial charge in [-0.2, -0.15) is 6.07 Å². The van der Waals surface area contributed by atoms with Crippen LogP contribution in [0.4, 0.5) is 22.7 Å². The Labute approximate surface area is 427 Å². The van der Waals surface area contributed by atoms with E-state index >= 15 is 0 Å². The molecule has 0 N–H and O–H groups in total. The molecule has 0 atom stereocenters. The first-order valence-corrected chi connectivity index (χ1v) is 24.6. The third-order valence-corrected chi connectivity index (χ3v) is 13.7. The third kappa shape index (κ3) is 9.66. The van der Waals surface area contributed by atoms with E-state index in [0.29, 0.717) is 29.3 Å². The van der Waals surface area contributed by atoms with Crippen molar-refractivity contribution in [1.82, 2.24) is 9.55 Å². The average molecular weight is 1090 g/mol. The number of nitrogens with zero attached hydrogens (tertiary/aromatic N) is 4. The van der Waals surface area contributed by atoms with E-state index in [1.165, 1.54) is 44.3 Å². The third-order valence-electron chi connectivity index (χ3n) is 13.7. The van der Waals surface area contributed by atoms with Gasteiger partial charge >= 0.3 is 0 Å². The molecule has 360 valence electrons. The van der Waals surface area contributed by atoms with Crippen LogP contribution in [0.2, 0.25) is 0 Å². The fraction of sp³-hybridized carbons (Fsp3) is 0.333. The second-order valence-corrected chi connectivity index (χ2v) is 23.0. The van der Waals surface area contributed by atoms with Gasteiger partial charge in [0.2, 0.25) is 0 Å². The molecular weight excluding hydrogens is 1020 g/mol. The minimum absolute atomic E-state index is 0. The molecule has 8 aromatic rings. The minimum Gasteiger partial charge on any atom is -0.509 e. The molecule has 0 fully saturated rings. The van der Waals surface area contributed by atoms with Crippen LogP contribution in [0.5, 0.6) is 11.5 Å². The first-order chi connectivity index (χ1) is 32.1. The Morgan fingerprint density at radius 2 is 1.19 bits per heavy atom. The van der Waals surface area contributed by atoms with E-state index in [1.54, 1.807) is 0 Å². The van der Waals surface area contributed by atoms with Crippen LogP contribution in [-0.2, 0) is 37.3 Å². The number of rotatable bonds is 9. The van der Waals surface area contributed by atoms with Crippen LogP contribution in [0.1, 0.15) is 155 Å². The van der Waals surface area contributed by atoms with E-state index in [9.17, 15) is 0 Å². The van der Waals surface area contributed by atoms with Gasteiger partial charge in [0.25, 0.3) is 0 Å². The fourth-order valence-corrected chi connectivity index (χ4v) is 9.57. The summed E-state index contributed by atoms with van der Waals surface area (Å²) < 4.78 is 9.16. The molecule has 0 saturated heterocycles. The van der Waals surface area contributed by atoms with Gasteiger partial charge in [0.1, 0.15) is 5.82 Å². The van der Waals surface area contributed by atoms with Crippen molar-refractivity contribution < 1.29 is 25.8 Å². The van der Waals surface area contributed by atoms with Gasteiger partial charge in [-0.3, -0.25) is 0 Å². The summed E-state index contributed by atoms with van der Waals surface area (Å²) in [5.41, 5.74) is 16.5. The van der Waals surface area contributed by atoms with Crippen molar-refractivity contribution in [3.8, 4) is 28.4 Å². The molecular formula is C63H69N4OPt-3. The SMILES string of the molecule is CC(C)c1cc(C(C)C)c(-c2cccc(N3[CH-]N(c4[c-]c(Oc5[c-]c6c(cc5)c5cc(C(C)(C)C)ccc5n6-c5cc(C(C)(C)C)ccn5)cc(C(C)(C)C)c4)c4ccccc43)c2)c(C(C)C)c1.[Pt]. The molecule has 0 saturated carbocycles. The summed E-state index contributed by atoms with van der Waals surface area (Å²) in [7, 11) is 0. The van der Waals surface area contributed by atoms with Gasteiger partial charge in [0.15, 0.2) is 0 Å². The molecule has 6 aromatic carbocycles. The van der Waals surface area contributed by atoms with Crippen LogP contribution in [0, 0.1) is 18.8 Å². The zero-order valence-corrected chi connectivity index (χ0v) is 45.6. The van der Waals surface area contributed by atoms with Gasteiger partial charge in [-0.25, -0.2) is 4.98 Å². The van der Waals surface area contributed by atoms with Crippen LogP contribution >= 0.6 is 0 Å². The molecule has 0 aliphatic carbocycles. The Morgan fingerprint density at radius 1 is 0.551 bits per heavy atom. The van der Waals surface area contributed by atoms with Gasteiger partial charge in [0.05, 0.1) is 0 Å². The van der Waals surface area contributed by atoms with E-state index in [0.717, 1.165) is 50.6 Å². The molecule has 1 aliphatic rings. The number of hydrogen-bond acceptors (Lipinski definition) is 4. The average Bonchev–Trinajstić information content (AvgIpc) is 3.83. The van der Waals surface area contributed by atoms with Crippen LogP contribution < -0.4 is 14.5 Å². The van der Waals surface area contributed by atoms with Gasteiger partial charge in [-0.05, 0) is 121 Å². The van der Waals surface area contributed by atoms with Crippen LogP contribution in [0.15, 0.2) is 121 Å². The van der Waals surface area contributed by atoms with E-state index in [-0.39, 0.29) is 37.3 Å². The Hall–Kier alpha value is -5.64. The van der Waals surface area contributed by atoms with Crippen molar-refractivity contribution >= 4 is 44.6 Å². The number of para-hydroxylation sites is 2. The maximum atomic E-state index is 6.91. The monoisotopic (exact) mass is 1090 g/mol. The predicted octanol–water partition coefficient (Wildman–Crippen LogP) is 17.9. The van der Waals surface area contributed by atoms with Crippen molar-refractivity contribution in [3.63, 3.8) is 0 Å². The Kier molecular flexibility index (Phi) is 13.4. The first-order valence-electron chi connectivity index (χ1n) is 24.6. The number of hydrogen-bond donors (Lipinski definition) is 0. The van der Waals surface area contributed by atoms with Crippen LogP contribution in [0.25, 0.3) is 38.8 Å². The summed E-state index contributed by atoms with van der Waals surface area (Å²) >= 11 is 0. The van der Waals surface area contributed by atoms with E-state index in [4.69, 9.17) is 9.72 Å². The second kappa shape index (κ2) is 18.6. The molecule has 2 aromatic heterocycles. The zero-order valence-electron chi connectivity index (χ0n) is 43.4. The van der Waals surface area contributed by atoms with Crippen LogP contribution in [0.3, 0.4) is 0 Å². The van der Waals surface area contributed by atoms with Crippen molar-refractivity contribution in [3.05, 3.63) is 174 Å². The fourth-order valence-electron chi connectivity index (χ4n) is 9.57. The Bertz CT molecular complexity index is 3160. The smallest absolute Gasteiger partial charge is 0.135 e. The molecule has 0 spiro atoms. The first kappa shape index (κ1) is 49.8. The summed E-state index contributed by atoms with van der Waals surface area (Å²) in [6.45, 7) is 36.4. The number of anilines is 4. The summed E-state index contributed by atoms with van der Waals surface area (Å²) in [6.07, 6.45) is 1.92.